The van der Waals surface area contributed by atoms with E-state index in [1.807, 2.05) is 20.8 Å². The van der Waals surface area contributed by atoms with Gasteiger partial charge < -0.3 is 10.6 Å². The van der Waals surface area contributed by atoms with Crippen molar-refractivity contribution < 1.29 is 18.0 Å². The molecule has 0 aliphatic carbocycles. The van der Waals surface area contributed by atoms with E-state index in [0.29, 0.717) is 6.42 Å². The molecule has 0 aromatic rings. The second-order valence-corrected chi connectivity index (χ2v) is 6.55. The number of hydrogen-bond acceptors (Lipinski definition) is 2. The van der Waals surface area contributed by atoms with Gasteiger partial charge in [-0.3, -0.25) is 4.79 Å². The average molecular weight is 292 g/mol. The molecule has 116 valence electrons. The Labute approximate surface area is 118 Å². The third kappa shape index (κ3) is 5.53. The Morgan fingerprint density at radius 1 is 1.40 bits per heavy atom. The molecule has 1 aliphatic rings. The molecule has 3 nitrogen and oxygen atoms in total. The minimum Gasteiger partial charge on any atom is -0.339 e. The summed E-state index contributed by atoms with van der Waals surface area (Å²) in [5, 5.41) is 0. The number of rotatable bonds is 3. The largest absolute Gasteiger partial charge is 0.412 e. The van der Waals surface area contributed by atoms with E-state index in [1.165, 1.54) is 4.90 Å². The fourth-order valence-corrected chi connectivity index (χ4v) is 2.37. The van der Waals surface area contributed by atoms with Crippen molar-refractivity contribution in [2.24, 2.45) is 11.1 Å². The first-order chi connectivity index (χ1) is 8.99. The maximum atomic E-state index is 12.5. The van der Waals surface area contributed by atoms with Crippen LogP contribution in [0.5, 0.6) is 0 Å². The van der Waals surface area contributed by atoms with Crippen LogP contribution in [0.4, 0.5) is 13.2 Å². The van der Waals surface area contributed by atoms with Crippen LogP contribution in [0.25, 0.3) is 0 Å². The van der Waals surface area contributed by atoms with Gasteiger partial charge in [-0.2, -0.15) is 13.2 Å². The van der Waals surface area contributed by atoms with Crippen LogP contribution < -0.4 is 5.73 Å². The Morgan fingerprint density at radius 2 is 2.00 bits per heavy atom. The predicted octanol–water partition coefficient (Wildman–Crippen LogP) is 2.86. The molecule has 0 spiro atoms. The van der Waals surface area contributed by atoms with Crippen LogP contribution in [0.1, 0.15) is 40.0 Å². The Hall–Kier alpha value is -1.04. The Bertz CT molecular complexity index is 383. The van der Waals surface area contributed by atoms with Gasteiger partial charge in [0.1, 0.15) is 0 Å². The number of carbonyl (C=O) groups excluding carboxylic acids is 1. The minimum absolute atomic E-state index is 0.0237. The lowest BCUT2D eigenvalue weighted by molar-refractivity contribution is -0.132. The molecule has 0 saturated carbocycles. The van der Waals surface area contributed by atoms with Crippen molar-refractivity contribution in [2.75, 3.05) is 13.1 Å². The van der Waals surface area contributed by atoms with Crippen molar-refractivity contribution in [1.29, 1.82) is 0 Å². The fourth-order valence-electron chi connectivity index (χ4n) is 2.37. The molecule has 6 heteroatoms. The molecule has 0 bridgehead atoms. The van der Waals surface area contributed by atoms with Gasteiger partial charge in [0.05, 0.1) is 0 Å². The van der Waals surface area contributed by atoms with Crippen molar-refractivity contribution in [2.45, 2.75) is 52.3 Å². The molecular formula is C14H23F3N2O. The number of alkyl halides is 3. The quantitative estimate of drug-likeness (QED) is 0.813. The average Bonchev–Trinajstić information content (AvgIpc) is 2.25. The number of hydrogen-bond donors (Lipinski definition) is 1. The summed E-state index contributed by atoms with van der Waals surface area (Å²) in [6.07, 6.45) is -2.43. The highest BCUT2D eigenvalue weighted by molar-refractivity contribution is 5.77. The molecule has 2 N–H and O–H groups in total. The molecular weight excluding hydrogens is 269 g/mol. The summed E-state index contributed by atoms with van der Waals surface area (Å²) in [5.74, 6) is -0.167. The molecule has 0 aromatic carbocycles. The van der Waals surface area contributed by atoms with Crippen LogP contribution >= 0.6 is 0 Å². The lowest BCUT2D eigenvalue weighted by Gasteiger charge is -2.29. The van der Waals surface area contributed by atoms with Gasteiger partial charge in [0.15, 0.2) is 0 Å². The third-order valence-corrected chi connectivity index (χ3v) is 3.24. The first-order valence-corrected chi connectivity index (χ1v) is 6.78. The number of nitrogens with two attached hydrogens (primary N) is 1. The van der Waals surface area contributed by atoms with E-state index in [1.54, 1.807) is 0 Å². The van der Waals surface area contributed by atoms with E-state index in [2.05, 4.69) is 0 Å². The maximum absolute atomic E-state index is 12.5. The van der Waals surface area contributed by atoms with Gasteiger partial charge in [-0.1, -0.05) is 26.8 Å². The van der Waals surface area contributed by atoms with Gasteiger partial charge in [0.25, 0.3) is 0 Å². The van der Waals surface area contributed by atoms with Crippen molar-refractivity contribution in [3.63, 3.8) is 0 Å². The Balaban J connectivity index is 2.49. The molecule has 0 radical (unpaired) electrons. The summed E-state index contributed by atoms with van der Waals surface area (Å²) in [6, 6.07) is -0.254. The van der Waals surface area contributed by atoms with Crippen molar-refractivity contribution in [3.05, 3.63) is 11.6 Å². The van der Waals surface area contributed by atoms with E-state index < -0.39 is 11.7 Å². The number of nitrogens with zero attached hydrogens (tertiary/aromatic N) is 1. The van der Waals surface area contributed by atoms with Gasteiger partial charge >= 0.3 is 6.18 Å². The molecule has 1 rings (SSSR count). The Kier molecular flexibility index (Phi) is 5.24. The molecule has 20 heavy (non-hydrogen) atoms. The molecule has 1 heterocycles. The van der Waals surface area contributed by atoms with Gasteiger partial charge in [-0.25, -0.2) is 0 Å². The summed E-state index contributed by atoms with van der Waals surface area (Å²) in [5.41, 5.74) is 5.41. The van der Waals surface area contributed by atoms with Crippen molar-refractivity contribution in [1.82, 2.24) is 4.90 Å². The molecule has 1 aliphatic heterocycles. The summed E-state index contributed by atoms with van der Waals surface area (Å²) in [6.45, 7) is 6.26. The molecule has 1 unspecified atom stereocenters. The zero-order valence-corrected chi connectivity index (χ0v) is 12.3. The van der Waals surface area contributed by atoms with E-state index >= 15 is 0 Å². The zero-order valence-electron chi connectivity index (χ0n) is 12.3. The summed E-state index contributed by atoms with van der Waals surface area (Å²) < 4.78 is 37.4. The zero-order chi connectivity index (χ0) is 15.6. The summed E-state index contributed by atoms with van der Waals surface area (Å²) in [7, 11) is 0. The first-order valence-electron chi connectivity index (χ1n) is 6.78. The standard InChI is InChI=1S/C14H23F3N2O/c1-13(2,3)9-11(18)8-12(20)19-6-4-10(5-7-19)14(15,16)17/h4,11H,5-9,18H2,1-3H3. The summed E-state index contributed by atoms with van der Waals surface area (Å²) >= 11 is 0. The maximum Gasteiger partial charge on any atom is 0.412 e. The first kappa shape index (κ1) is 17.0. The van der Waals surface area contributed by atoms with E-state index in [0.717, 1.165) is 6.08 Å². The highest BCUT2D eigenvalue weighted by Crippen LogP contribution is 2.30. The molecule has 0 saturated heterocycles. The fraction of sp³-hybridized carbons (Fsp3) is 0.786. The summed E-state index contributed by atoms with van der Waals surface area (Å²) in [4.78, 5) is 13.4. The van der Waals surface area contributed by atoms with Crippen LogP contribution in [-0.4, -0.2) is 36.1 Å². The van der Waals surface area contributed by atoms with Gasteiger partial charge in [0, 0.05) is 31.1 Å². The molecule has 0 fully saturated rings. The monoisotopic (exact) mass is 292 g/mol. The van der Waals surface area contributed by atoms with Crippen LogP contribution in [0.2, 0.25) is 0 Å². The van der Waals surface area contributed by atoms with E-state index in [-0.39, 0.29) is 43.3 Å². The topological polar surface area (TPSA) is 46.3 Å². The second-order valence-electron chi connectivity index (χ2n) is 6.55. The highest BCUT2D eigenvalue weighted by Gasteiger charge is 2.35. The van der Waals surface area contributed by atoms with E-state index in [9.17, 15) is 18.0 Å². The number of halogens is 3. The SMILES string of the molecule is CC(C)(C)CC(N)CC(=O)N1CC=C(C(F)(F)F)CC1. The lowest BCUT2D eigenvalue weighted by Crippen LogP contribution is -2.40. The minimum atomic E-state index is -4.28. The third-order valence-electron chi connectivity index (χ3n) is 3.24. The smallest absolute Gasteiger partial charge is 0.339 e. The van der Waals surface area contributed by atoms with Crippen LogP contribution in [-0.2, 0) is 4.79 Å². The normalized spacial score (nSPS) is 18.8. The molecule has 1 amide bonds. The number of carbonyl (C=O) groups is 1. The van der Waals surface area contributed by atoms with Gasteiger partial charge in [0.2, 0.25) is 5.91 Å². The predicted molar refractivity (Wildman–Crippen MR) is 72.0 cm³/mol. The van der Waals surface area contributed by atoms with Crippen molar-refractivity contribution >= 4 is 5.91 Å². The Morgan fingerprint density at radius 3 is 2.40 bits per heavy atom. The van der Waals surface area contributed by atoms with Crippen LogP contribution in [0.3, 0.4) is 0 Å². The van der Waals surface area contributed by atoms with Crippen LogP contribution in [0.15, 0.2) is 11.6 Å². The molecule has 1 atom stereocenters. The number of amides is 1. The highest BCUT2D eigenvalue weighted by atomic mass is 19.4. The van der Waals surface area contributed by atoms with E-state index in [4.69, 9.17) is 5.73 Å². The second kappa shape index (κ2) is 6.16. The lowest BCUT2D eigenvalue weighted by atomic mass is 9.87. The van der Waals surface area contributed by atoms with Crippen LogP contribution in [0, 0.1) is 5.41 Å². The van der Waals surface area contributed by atoms with Gasteiger partial charge in [-0.05, 0) is 18.3 Å². The van der Waals surface area contributed by atoms with Crippen molar-refractivity contribution in [3.8, 4) is 0 Å². The molecule has 0 aromatic heterocycles. The van der Waals surface area contributed by atoms with Gasteiger partial charge in [-0.15, -0.1) is 0 Å².